The Morgan fingerprint density at radius 2 is 2.00 bits per heavy atom. The minimum absolute atomic E-state index is 0.318. The van der Waals surface area contributed by atoms with Crippen LogP contribution in [0.1, 0.15) is 24.0 Å². The van der Waals surface area contributed by atoms with E-state index in [1.54, 1.807) is 7.11 Å². The molecule has 1 unspecified atom stereocenters. The predicted molar refractivity (Wildman–Crippen MR) is 51.5 cm³/mol. The summed E-state index contributed by atoms with van der Waals surface area (Å²) in [6.45, 7) is 8.11. The van der Waals surface area contributed by atoms with Crippen molar-refractivity contribution in [2.75, 3.05) is 7.11 Å². The van der Waals surface area contributed by atoms with Crippen molar-refractivity contribution in [1.82, 2.24) is 0 Å². The zero-order valence-electron chi connectivity index (χ0n) is 7.92. The van der Waals surface area contributed by atoms with E-state index in [4.69, 9.17) is 4.74 Å². The third-order valence-electron chi connectivity index (χ3n) is 1.88. The first-order valence-corrected chi connectivity index (χ1v) is 4.12. The normalized spacial score (nSPS) is 10.4. The van der Waals surface area contributed by atoms with E-state index >= 15 is 0 Å². The van der Waals surface area contributed by atoms with Crippen LogP contribution in [0.15, 0.2) is 18.2 Å². The Balaban J connectivity index is 3.06. The van der Waals surface area contributed by atoms with Gasteiger partial charge in [-0.25, -0.2) is 0 Å². The van der Waals surface area contributed by atoms with Crippen LogP contribution in [0.5, 0.6) is 5.75 Å². The molecular formula is C11H15O. The van der Waals surface area contributed by atoms with Gasteiger partial charge in [0, 0.05) is 0 Å². The highest BCUT2D eigenvalue weighted by Gasteiger charge is 2.01. The second kappa shape index (κ2) is 3.61. The molecule has 0 saturated heterocycles. The van der Waals surface area contributed by atoms with Gasteiger partial charge in [-0.3, -0.25) is 0 Å². The van der Waals surface area contributed by atoms with E-state index in [9.17, 15) is 0 Å². The lowest BCUT2D eigenvalue weighted by Gasteiger charge is -2.08. The first-order valence-electron chi connectivity index (χ1n) is 4.12. The first kappa shape index (κ1) is 9.11. The van der Waals surface area contributed by atoms with Crippen molar-refractivity contribution in [3.05, 3.63) is 36.2 Å². The van der Waals surface area contributed by atoms with Gasteiger partial charge < -0.3 is 4.74 Å². The van der Waals surface area contributed by atoms with Gasteiger partial charge in [-0.15, -0.1) is 0 Å². The fourth-order valence-corrected chi connectivity index (χ4v) is 1.18. The molecule has 1 aromatic rings. The number of hydrogen-bond acceptors (Lipinski definition) is 1. The zero-order chi connectivity index (χ0) is 9.14. The lowest BCUT2D eigenvalue weighted by molar-refractivity contribution is 0.414. The van der Waals surface area contributed by atoms with E-state index < -0.39 is 0 Å². The van der Waals surface area contributed by atoms with Crippen LogP contribution in [0.3, 0.4) is 0 Å². The lowest BCUT2D eigenvalue weighted by Crippen LogP contribution is -1.91. The Hall–Kier alpha value is -0.980. The summed E-state index contributed by atoms with van der Waals surface area (Å²) in [5.74, 6) is 1.24. The summed E-state index contributed by atoms with van der Waals surface area (Å²) in [5.41, 5.74) is 2.45. The Morgan fingerprint density at radius 1 is 1.33 bits per heavy atom. The van der Waals surface area contributed by atoms with Crippen LogP contribution in [0.25, 0.3) is 0 Å². The minimum atomic E-state index is 0.318. The molecule has 0 aliphatic carbocycles. The van der Waals surface area contributed by atoms with Crippen molar-refractivity contribution in [3.63, 3.8) is 0 Å². The average Bonchev–Trinajstić information content (AvgIpc) is 2.03. The van der Waals surface area contributed by atoms with Gasteiger partial charge in [-0.2, -0.15) is 0 Å². The fraction of sp³-hybridized carbons (Fsp3) is 0.364. The highest BCUT2D eigenvalue weighted by molar-refractivity contribution is 5.35. The second-order valence-corrected chi connectivity index (χ2v) is 3.18. The molecule has 1 aromatic carbocycles. The SMILES string of the molecule is [CH2]C(C)c1cc(C)cc(OC)c1. The fourth-order valence-electron chi connectivity index (χ4n) is 1.18. The molecule has 12 heavy (non-hydrogen) atoms. The van der Waals surface area contributed by atoms with Crippen molar-refractivity contribution >= 4 is 0 Å². The highest BCUT2D eigenvalue weighted by Crippen LogP contribution is 2.21. The van der Waals surface area contributed by atoms with Gasteiger partial charge in [0.1, 0.15) is 5.75 Å². The van der Waals surface area contributed by atoms with Gasteiger partial charge in [0.15, 0.2) is 0 Å². The summed E-state index contributed by atoms with van der Waals surface area (Å²) in [4.78, 5) is 0. The van der Waals surface area contributed by atoms with Gasteiger partial charge in [-0.1, -0.05) is 13.0 Å². The summed E-state index contributed by atoms with van der Waals surface area (Å²) >= 11 is 0. The van der Waals surface area contributed by atoms with E-state index in [0.717, 1.165) is 5.75 Å². The van der Waals surface area contributed by atoms with Crippen LogP contribution < -0.4 is 4.74 Å². The summed E-state index contributed by atoms with van der Waals surface area (Å²) in [6.07, 6.45) is 0. The first-order chi connectivity index (χ1) is 5.63. The van der Waals surface area contributed by atoms with Crippen molar-refractivity contribution < 1.29 is 4.74 Å². The Morgan fingerprint density at radius 3 is 2.50 bits per heavy atom. The highest BCUT2D eigenvalue weighted by atomic mass is 16.5. The van der Waals surface area contributed by atoms with Crippen LogP contribution >= 0.6 is 0 Å². The Labute approximate surface area is 74.4 Å². The van der Waals surface area contributed by atoms with Crippen LogP contribution in [-0.4, -0.2) is 7.11 Å². The number of benzene rings is 1. The molecule has 0 heterocycles. The van der Waals surface area contributed by atoms with Crippen molar-refractivity contribution in [2.45, 2.75) is 19.8 Å². The number of ether oxygens (including phenoxy) is 1. The molecule has 0 spiro atoms. The lowest BCUT2D eigenvalue weighted by atomic mass is 10.0. The molecule has 1 heteroatoms. The van der Waals surface area contributed by atoms with Gasteiger partial charge in [0.2, 0.25) is 0 Å². The number of rotatable bonds is 2. The number of methoxy groups -OCH3 is 1. The molecular weight excluding hydrogens is 148 g/mol. The van der Waals surface area contributed by atoms with Crippen molar-refractivity contribution in [2.24, 2.45) is 0 Å². The molecule has 1 nitrogen and oxygen atoms in total. The molecule has 0 aromatic heterocycles. The monoisotopic (exact) mass is 163 g/mol. The molecule has 0 bridgehead atoms. The molecule has 0 fully saturated rings. The minimum Gasteiger partial charge on any atom is -0.497 e. The summed E-state index contributed by atoms with van der Waals surface area (Å²) in [6, 6.07) is 6.19. The standard InChI is InChI=1S/C11H15O/c1-8(2)10-5-9(3)6-11(7-10)12-4/h5-8H,1H2,2-4H3. The molecule has 0 N–H and O–H groups in total. The topological polar surface area (TPSA) is 9.23 Å². The summed E-state index contributed by atoms with van der Waals surface area (Å²) in [7, 11) is 1.69. The molecule has 1 radical (unpaired) electrons. The number of aryl methyl sites for hydroxylation is 1. The third-order valence-corrected chi connectivity index (χ3v) is 1.88. The summed E-state index contributed by atoms with van der Waals surface area (Å²) < 4.78 is 5.16. The average molecular weight is 163 g/mol. The van der Waals surface area contributed by atoms with Crippen LogP contribution in [-0.2, 0) is 0 Å². The second-order valence-electron chi connectivity index (χ2n) is 3.18. The molecule has 0 saturated carbocycles. The maximum Gasteiger partial charge on any atom is 0.119 e. The van der Waals surface area contributed by atoms with E-state index in [2.05, 4.69) is 26.8 Å². The van der Waals surface area contributed by atoms with Gasteiger partial charge in [0.25, 0.3) is 0 Å². The molecule has 0 amide bonds. The molecule has 65 valence electrons. The van der Waals surface area contributed by atoms with Gasteiger partial charge >= 0.3 is 0 Å². The van der Waals surface area contributed by atoms with Crippen LogP contribution in [0.4, 0.5) is 0 Å². The quantitative estimate of drug-likeness (QED) is 0.651. The smallest absolute Gasteiger partial charge is 0.119 e. The Bertz CT molecular complexity index is 264. The van der Waals surface area contributed by atoms with Crippen LogP contribution in [0.2, 0.25) is 0 Å². The summed E-state index contributed by atoms with van der Waals surface area (Å²) in [5, 5.41) is 0. The molecule has 1 rings (SSSR count). The molecule has 0 aliphatic heterocycles. The Kier molecular flexibility index (Phi) is 2.74. The van der Waals surface area contributed by atoms with E-state index in [0.29, 0.717) is 5.92 Å². The van der Waals surface area contributed by atoms with Crippen LogP contribution in [0, 0.1) is 13.8 Å². The molecule has 1 atom stereocenters. The third kappa shape index (κ3) is 2.00. The predicted octanol–water partition coefficient (Wildman–Crippen LogP) is 2.94. The van der Waals surface area contributed by atoms with E-state index in [1.807, 2.05) is 12.1 Å². The maximum absolute atomic E-state index is 5.16. The largest absolute Gasteiger partial charge is 0.497 e. The van der Waals surface area contributed by atoms with Crippen molar-refractivity contribution in [1.29, 1.82) is 0 Å². The van der Waals surface area contributed by atoms with Gasteiger partial charge in [0.05, 0.1) is 7.11 Å². The van der Waals surface area contributed by atoms with E-state index in [1.165, 1.54) is 11.1 Å². The molecule has 0 aliphatic rings. The zero-order valence-corrected chi connectivity index (χ0v) is 7.92. The van der Waals surface area contributed by atoms with Crippen molar-refractivity contribution in [3.8, 4) is 5.75 Å². The maximum atomic E-state index is 5.16. The van der Waals surface area contributed by atoms with Gasteiger partial charge in [-0.05, 0) is 43.0 Å². The van der Waals surface area contributed by atoms with E-state index in [-0.39, 0.29) is 0 Å². The number of hydrogen-bond donors (Lipinski definition) is 0.